The number of carboxylic acids is 1. The van der Waals surface area contributed by atoms with E-state index in [-0.39, 0.29) is 19.1 Å². The SMILES string of the molecule is CC(C)(C)OC(=O)N1CCOC(COCC(=O)O)C(c2ccc(Cl)c(Cl)c2)C1. The highest BCUT2D eigenvalue weighted by Crippen LogP contribution is 2.31. The number of halogens is 2. The summed E-state index contributed by atoms with van der Waals surface area (Å²) in [6, 6.07) is 5.21. The molecule has 1 N–H and O–H groups in total. The van der Waals surface area contributed by atoms with Crippen LogP contribution in [0.3, 0.4) is 0 Å². The topological polar surface area (TPSA) is 85.3 Å². The number of nitrogens with zero attached hydrogens (tertiary/aromatic N) is 1. The Balaban J connectivity index is 2.24. The summed E-state index contributed by atoms with van der Waals surface area (Å²) in [5.74, 6) is -1.35. The number of amides is 1. The molecule has 1 aliphatic heterocycles. The first-order valence-electron chi connectivity index (χ1n) is 8.91. The number of carboxylic acid groups (broad SMARTS) is 1. The Bertz CT molecular complexity index is 706. The van der Waals surface area contributed by atoms with Crippen molar-refractivity contribution in [2.24, 2.45) is 0 Å². The van der Waals surface area contributed by atoms with E-state index in [1.165, 1.54) is 0 Å². The van der Waals surface area contributed by atoms with Crippen LogP contribution in [0.15, 0.2) is 18.2 Å². The van der Waals surface area contributed by atoms with Crippen molar-refractivity contribution in [2.75, 3.05) is 32.9 Å². The fraction of sp³-hybridized carbons (Fsp3) is 0.579. The molecule has 1 fully saturated rings. The van der Waals surface area contributed by atoms with Gasteiger partial charge in [-0.3, -0.25) is 0 Å². The maximum atomic E-state index is 12.6. The van der Waals surface area contributed by atoms with E-state index in [2.05, 4.69) is 0 Å². The van der Waals surface area contributed by atoms with Gasteiger partial charge in [0.25, 0.3) is 0 Å². The molecule has 0 aromatic heterocycles. The second-order valence-electron chi connectivity index (χ2n) is 7.52. The van der Waals surface area contributed by atoms with Gasteiger partial charge in [0.1, 0.15) is 12.2 Å². The molecular weight excluding hydrogens is 409 g/mol. The second-order valence-corrected chi connectivity index (χ2v) is 8.34. The molecule has 2 atom stereocenters. The van der Waals surface area contributed by atoms with Crippen molar-refractivity contribution in [3.63, 3.8) is 0 Å². The molecule has 0 saturated carbocycles. The average molecular weight is 434 g/mol. The lowest BCUT2D eigenvalue weighted by atomic mass is 9.93. The molecular formula is C19H25Cl2NO6. The highest BCUT2D eigenvalue weighted by molar-refractivity contribution is 6.42. The van der Waals surface area contributed by atoms with Gasteiger partial charge in [0.2, 0.25) is 0 Å². The molecule has 1 saturated heterocycles. The summed E-state index contributed by atoms with van der Waals surface area (Å²) in [5.41, 5.74) is 0.196. The first kappa shape index (κ1) is 22.7. The van der Waals surface area contributed by atoms with Crippen LogP contribution < -0.4 is 0 Å². The van der Waals surface area contributed by atoms with Crippen molar-refractivity contribution in [3.8, 4) is 0 Å². The molecule has 1 aromatic carbocycles. The van der Waals surface area contributed by atoms with E-state index in [9.17, 15) is 9.59 Å². The number of hydrogen-bond donors (Lipinski definition) is 1. The van der Waals surface area contributed by atoms with Gasteiger partial charge in [-0.2, -0.15) is 0 Å². The largest absolute Gasteiger partial charge is 0.480 e. The standard InChI is InChI=1S/C19H25Cl2NO6/c1-19(2,3)28-18(25)22-6-7-27-16(10-26-11-17(23)24)13(9-22)12-4-5-14(20)15(21)8-12/h4-5,8,13,16H,6-7,9-11H2,1-3H3,(H,23,24). The molecule has 1 amide bonds. The van der Waals surface area contributed by atoms with Crippen molar-refractivity contribution in [1.82, 2.24) is 4.90 Å². The summed E-state index contributed by atoms with van der Waals surface area (Å²) < 4.78 is 16.6. The third-order valence-electron chi connectivity index (χ3n) is 4.09. The number of rotatable bonds is 5. The predicted octanol–water partition coefficient (Wildman–Crippen LogP) is 3.81. The molecule has 2 rings (SSSR count). The zero-order chi connectivity index (χ0) is 20.9. The first-order chi connectivity index (χ1) is 13.1. The van der Waals surface area contributed by atoms with Crippen molar-refractivity contribution >= 4 is 35.3 Å². The molecule has 28 heavy (non-hydrogen) atoms. The van der Waals surface area contributed by atoms with Gasteiger partial charge in [-0.05, 0) is 38.5 Å². The van der Waals surface area contributed by atoms with Gasteiger partial charge >= 0.3 is 12.1 Å². The summed E-state index contributed by atoms with van der Waals surface area (Å²) in [5, 5.41) is 9.61. The Morgan fingerprint density at radius 2 is 2.00 bits per heavy atom. The van der Waals surface area contributed by atoms with Gasteiger partial charge < -0.3 is 24.2 Å². The Kier molecular flexibility index (Phi) is 7.95. The van der Waals surface area contributed by atoms with Crippen LogP contribution in [0.2, 0.25) is 10.0 Å². The summed E-state index contributed by atoms with van der Waals surface area (Å²) in [6.45, 7) is 5.99. The van der Waals surface area contributed by atoms with Gasteiger partial charge in [0, 0.05) is 19.0 Å². The van der Waals surface area contributed by atoms with E-state index in [4.69, 9.17) is 42.5 Å². The lowest BCUT2D eigenvalue weighted by Gasteiger charge is -2.30. The molecule has 7 nitrogen and oxygen atoms in total. The summed E-state index contributed by atoms with van der Waals surface area (Å²) in [4.78, 5) is 24.9. The fourth-order valence-electron chi connectivity index (χ4n) is 2.86. The quantitative estimate of drug-likeness (QED) is 0.759. The van der Waals surface area contributed by atoms with Crippen LogP contribution in [0.5, 0.6) is 0 Å². The molecule has 0 radical (unpaired) electrons. The molecule has 1 aliphatic rings. The molecule has 1 aromatic rings. The van der Waals surface area contributed by atoms with Crippen molar-refractivity contribution < 1.29 is 28.9 Å². The normalized spacial score (nSPS) is 20.5. The van der Waals surface area contributed by atoms with Crippen molar-refractivity contribution in [2.45, 2.75) is 38.4 Å². The van der Waals surface area contributed by atoms with E-state index in [0.29, 0.717) is 23.1 Å². The van der Waals surface area contributed by atoms with E-state index in [1.54, 1.807) is 37.8 Å². The molecule has 0 aliphatic carbocycles. The lowest BCUT2D eigenvalue weighted by Crippen LogP contribution is -2.40. The molecule has 0 spiro atoms. The second kappa shape index (κ2) is 9.78. The van der Waals surface area contributed by atoms with Gasteiger partial charge in [-0.1, -0.05) is 29.3 Å². The van der Waals surface area contributed by atoms with Crippen LogP contribution >= 0.6 is 23.2 Å². The molecule has 156 valence electrons. The minimum Gasteiger partial charge on any atom is -0.480 e. The van der Waals surface area contributed by atoms with Gasteiger partial charge in [0.05, 0.1) is 29.4 Å². The average Bonchev–Trinajstić information content (AvgIpc) is 2.78. The zero-order valence-corrected chi connectivity index (χ0v) is 17.6. The maximum Gasteiger partial charge on any atom is 0.410 e. The predicted molar refractivity (Wildman–Crippen MR) is 105 cm³/mol. The van der Waals surface area contributed by atoms with Crippen LogP contribution in [0.25, 0.3) is 0 Å². The minimum atomic E-state index is -1.06. The minimum absolute atomic E-state index is 0.0688. The summed E-state index contributed by atoms with van der Waals surface area (Å²) in [7, 11) is 0. The number of carbonyl (C=O) groups excluding carboxylic acids is 1. The highest BCUT2D eigenvalue weighted by atomic mass is 35.5. The maximum absolute atomic E-state index is 12.6. The molecule has 1 heterocycles. The van der Waals surface area contributed by atoms with Crippen LogP contribution in [-0.2, 0) is 19.0 Å². The molecule has 9 heteroatoms. The first-order valence-corrected chi connectivity index (χ1v) is 9.66. The van der Waals surface area contributed by atoms with Crippen LogP contribution in [0.1, 0.15) is 32.3 Å². The number of ether oxygens (including phenoxy) is 3. The third-order valence-corrected chi connectivity index (χ3v) is 4.83. The number of carbonyl (C=O) groups is 2. The summed E-state index contributed by atoms with van der Waals surface area (Å²) in [6.07, 6.45) is -0.891. The highest BCUT2D eigenvalue weighted by Gasteiger charge is 2.33. The fourth-order valence-corrected chi connectivity index (χ4v) is 3.17. The van der Waals surface area contributed by atoms with E-state index in [0.717, 1.165) is 5.56 Å². The van der Waals surface area contributed by atoms with Crippen LogP contribution in [0, 0.1) is 0 Å². The van der Waals surface area contributed by atoms with E-state index >= 15 is 0 Å². The Morgan fingerprint density at radius 3 is 2.61 bits per heavy atom. The van der Waals surface area contributed by atoms with Crippen molar-refractivity contribution in [3.05, 3.63) is 33.8 Å². The van der Waals surface area contributed by atoms with Crippen molar-refractivity contribution in [1.29, 1.82) is 0 Å². The van der Waals surface area contributed by atoms with Crippen LogP contribution in [0.4, 0.5) is 4.79 Å². The summed E-state index contributed by atoms with van der Waals surface area (Å²) >= 11 is 12.2. The number of aliphatic carboxylic acids is 1. The monoisotopic (exact) mass is 433 g/mol. The number of benzene rings is 1. The smallest absolute Gasteiger partial charge is 0.410 e. The van der Waals surface area contributed by atoms with Gasteiger partial charge in [-0.25, -0.2) is 9.59 Å². The Labute approximate surface area is 174 Å². The zero-order valence-electron chi connectivity index (χ0n) is 16.1. The van der Waals surface area contributed by atoms with E-state index in [1.807, 2.05) is 6.07 Å². The van der Waals surface area contributed by atoms with Gasteiger partial charge in [0.15, 0.2) is 0 Å². The van der Waals surface area contributed by atoms with Gasteiger partial charge in [-0.15, -0.1) is 0 Å². The Hall–Kier alpha value is -1.54. The van der Waals surface area contributed by atoms with E-state index < -0.39 is 30.4 Å². The lowest BCUT2D eigenvalue weighted by molar-refractivity contribution is -0.143. The third kappa shape index (κ3) is 6.81. The molecule has 0 bridgehead atoms. The molecule has 2 unspecified atom stereocenters. The Morgan fingerprint density at radius 1 is 1.29 bits per heavy atom. The number of hydrogen-bond acceptors (Lipinski definition) is 5. The van der Waals surface area contributed by atoms with Crippen LogP contribution in [-0.4, -0.2) is 66.7 Å².